The van der Waals surface area contributed by atoms with Crippen LogP contribution in [0, 0.1) is 0 Å². The average Bonchev–Trinajstić information content (AvgIpc) is 3.21. The van der Waals surface area contributed by atoms with Crippen molar-refractivity contribution in [1.82, 2.24) is 15.6 Å². The Bertz CT molecular complexity index is 796. The maximum absolute atomic E-state index is 11.2. The normalized spacial score (nSPS) is 18.3. The molecule has 23 heavy (non-hydrogen) atoms. The number of carbonyl (C=O) groups excluding carboxylic acids is 1. The number of nitrogens with one attached hydrogen (secondary N) is 2. The summed E-state index contributed by atoms with van der Waals surface area (Å²) in [5.41, 5.74) is 1.00. The first kappa shape index (κ1) is 14.4. The van der Waals surface area contributed by atoms with Crippen molar-refractivity contribution >= 4 is 27.5 Å². The van der Waals surface area contributed by atoms with Gasteiger partial charge < -0.3 is 15.1 Å². The molecule has 1 fully saturated rings. The lowest BCUT2D eigenvalue weighted by molar-refractivity contribution is -0.122. The lowest BCUT2D eigenvalue weighted by Crippen LogP contribution is -2.45. The van der Waals surface area contributed by atoms with Gasteiger partial charge in [-0.1, -0.05) is 12.1 Å². The minimum absolute atomic E-state index is 0.138. The molecule has 0 saturated carbocycles. The van der Waals surface area contributed by atoms with Crippen LogP contribution in [0.25, 0.3) is 21.0 Å². The highest BCUT2D eigenvalue weighted by molar-refractivity contribution is 7.21. The molecule has 0 aliphatic carbocycles. The van der Waals surface area contributed by atoms with E-state index < -0.39 is 0 Å². The van der Waals surface area contributed by atoms with E-state index in [-0.39, 0.29) is 5.91 Å². The summed E-state index contributed by atoms with van der Waals surface area (Å²) in [6, 6.07) is 12.4. The monoisotopic (exact) mass is 327 g/mol. The van der Waals surface area contributed by atoms with Gasteiger partial charge in [0.2, 0.25) is 5.91 Å². The van der Waals surface area contributed by atoms with Crippen LogP contribution in [-0.2, 0) is 11.3 Å². The molecule has 1 unspecified atom stereocenters. The quantitative estimate of drug-likeness (QED) is 0.773. The standard InChI is InChI=1S/C17H17N3O2S/c21-16-8-5-11(9-19-16)18-10-12-6-7-14(22-12)17-20-13-3-1-2-4-15(13)23-17/h1-4,6-7,11,18H,5,8-10H2,(H,19,21). The molecule has 3 heterocycles. The summed E-state index contributed by atoms with van der Waals surface area (Å²) >= 11 is 1.64. The molecule has 2 aromatic heterocycles. The molecule has 1 saturated heterocycles. The zero-order valence-corrected chi connectivity index (χ0v) is 13.4. The lowest BCUT2D eigenvalue weighted by atomic mass is 10.1. The number of amides is 1. The van der Waals surface area contributed by atoms with Crippen LogP contribution < -0.4 is 10.6 Å². The van der Waals surface area contributed by atoms with Crippen LogP contribution in [0.15, 0.2) is 40.8 Å². The summed E-state index contributed by atoms with van der Waals surface area (Å²) in [4.78, 5) is 15.8. The Morgan fingerprint density at radius 1 is 1.30 bits per heavy atom. The average molecular weight is 327 g/mol. The molecule has 6 heteroatoms. The van der Waals surface area contributed by atoms with E-state index >= 15 is 0 Å². The molecule has 4 rings (SSSR count). The van der Waals surface area contributed by atoms with Crippen molar-refractivity contribution in [1.29, 1.82) is 0 Å². The maximum Gasteiger partial charge on any atom is 0.220 e. The minimum Gasteiger partial charge on any atom is -0.457 e. The molecule has 3 aromatic rings. The zero-order valence-electron chi connectivity index (χ0n) is 12.5. The van der Waals surface area contributed by atoms with Gasteiger partial charge in [0.25, 0.3) is 0 Å². The molecular formula is C17H17N3O2S. The SMILES string of the molecule is O=C1CCC(NCc2ccc(-c3nc4ccccc4s3)o2)CN1. The number of nitrogens with zero attached hydrogens (tertiary/aromatic N) is 1. The third kappa shape index (κ3) is 3.13. The van der Waals surface area contributed by atoms with Crippen LogP contribution in [0.4, 0.5) is 0 Å². The first-order chi connectivity index (χ1) is 11.3. The molecule has 1 atom stereocenters. The molecule has 0 spiro atoms. The number of aromatic nitrogens is 1. The highest BCUT2D eigenvalue weighted by Gasteiger charge is 2.18. The minimum atomic E-state index is 0.138. The van der Waals surface area contributed by atoms with Gasteiger partial charge in [0.15, 0.2) is 10.8 Å². The van der Waals surface area contributed by atoms with E-state index in [9.17, 15) is 4.79 Å². The van der Waals surface area contributed by atoms with Crippen molar-refractivity contribution in [3.63, 3.8) is 0 Å². The molecule has 0 radical (unpaired) electrons. The third-order valence-corrected chi connectivity index (χ3v) is 5.05. The number of hydrogen-bond acceptors (Lipinski definition) is 5. The Kier molecular flexibility index (Phi) is 3.85. The van der Waals surface area contributed by atoms with Crippen molar-refractivity contribution in [3.05, 3.63) is 42.2 Å². The second-order valence-electron chi connectivity index (χ2n) is 5.67. The fourth-order valence-corrected chi connectivity index (χ4v) is 3.64. The fourth-order valence-electron chi connectivity index (χ4n) is 2.72. The van der Waals surface area contributed by atoms with Crippen molar-refractivity contribution < 1.29 is 9.21 Å². The van der Waals surface area contributed by atoms with Crippen LogP contribution in [0.5, 0.6) is 0 Å². The third-order valence-electron chi connectivity index (χ3n) is 4.00. The van der Waals surface area contributed by atoms with Crippen molar-refractivity contribution in [2.24, 2.45) is 0 Å². The number of piperidine rings is 1. The van der Waals surface area contributed by atoms with Crippen molar-refractivity contribution in [2.45, 2.75) is 25.4 Å². The molecule has 118 valence electrons. The largest absolute Gasteiger partial charge is 0.457 e. The maximum atomic E-state index is 11.2. The number of rotatable bonds is 4. The van der Waals surface area contributed by atoms with Gasteiger partial charge in [-0.05, 0) is 30.7 Å². The van der Waals surface area contributed by atoms with Gasteiger partial charge in [0, 0.05) is 19.0 Å². The van der Waals surface area contributed by atoms with Gasteiger partial charge in [-0.15, -0.1) is 11.3 Å². The molecule has 2 N–H and O–H groups in total. The fraction of sp³-hybridized carbons (Fsp3) is 0.294. The summed E-state index contributed by atoms with van der Waals surface area (Å²) in [7, 11) is 0. The number of carbonyl (C=O) groups is 1. The van der Waals surface area contributed by atoms with E-state index in [2.05, 4.69) is 21.7 Å². The van der Waals surface area contributed by atoms with Gasteiger partial charge in [-0.25, -0.2) is 4.98 Å². The predicted molar refractivity (Wildman–Crippen MR) is 90.2 cm³/mol. The van der Waals surface area contributed by atoms with Gasteiger partial charge in [0.1, 0.15) is 5.76 Å². The summed E-state index contributed by atoms with van der Waals surface area (Å²) < 4.78 is 7.07. The number of benzene rings is 1. The number of para-hydroxylation sites is 1. The number of hydrogen-bond donors (Lipinski definition) is 2. The van der Waals surface area contributed by atoms with Crippen LogP contribution in [0.1, 0.15) is 18.6 Å². The van der Waals surface area contributed by atoms with E-state index in [1.165, 1.54) is 0 Å². The second-order valence-corrected chi connectivity index (χ2v) is 6.70. The highest BCUT2D eigenvalue weighted by Crippen LogP contribution is 2.31. The topological polar surface area (TPSA) is 67.2 Å². The van der Waals surface area contributed by atoms with Crippen LogP contribution in [-0.4, -0.2) is 23.5 Å². The number of furan rings is 1. The molecule has 5 nitrogen and oxygen atoms in total. The first-order valence-electron chi connectivity index (χ1n) is 7.73. The van der Waals surface area contributed by atoms with E-state index in [4.69, 9.17) is 4.42 Å². The number of thiazole rings is 1. The summed E-state index contributed by atoms with van der Waals surface area (Å²) in [6.45, 7) is 1.34. The van der Waals surface area contributed by atoms with E-state index in [0.29, 0.717) is 25.6 Å². The van der Waals surface area contributed by atoms with Gasteiger partial charge in [0.05, 0.1) is 16.8 Å². The Balaban J connectivity index is 1.43. The highest BCUT2D eigenvalue weighted by atomic mass is 32.1. The Labute approximate surface area is 137 Å². The molecule has 1 amide bonds. The first-order valence-corrected chi connectivity index (χ1v) is 8.54. The molecule has 0 bridgehead atoms. The van der Waals surface area contributed by atoms with Crippen molar-refractivity contribution in [3.8, 4) is 10.8 Å². The Morgan fingerprint density at radius 2 is 2.22 bits per heavy atom. The lowest BCUT2D eigenvalue weighted by Gasteiger charge is -2.22. The smallest absolute Gasteiger partial charge is 0.220 e. The molecular weight excluding hydrogens is 310 g/mol. The van der Waals surface area contributed by atoms with E-state index in [1.807, 2.05) is 30.3 Å². The Hall–Kier alpha value is -2.18. The predicted octanol–water partition coefficient (Wildman–Crippen LogP) is 2.92. The Morgan fingerprint density at radius 3 is 3.04 bits per heavy atom. The van der Waals surface area contributed by atoms with E-state index in [0.717, 1.165) is 33.2 Å². The molecule has 1 aliphatic heterocycles. The van der Waals surface area contributed by atoms with Crippen LogP contribution >= 0.6 is 11.3 Å². The van der Waals surface area contributed by atoms with E-state index in [1.54, 1.807) is 11.3 Å². The molecule has 1 aliphatic rings. The zero-order chi connectivity index (χ0) is 15.6. The summed E-state index contributed by atoms with van der Waals surface area (Å²) in [5, 5.41) is 7.20. The number of fused-ring (bicyclic) bond motifs is 1. The summed E-state index contributed by atoms with van der Waals surface area (Å²) in [6.07, 6.45) is 1.46. The molecule has 1 aromatic carbocycles. The van der Waals surface area contributed by atoms with Crippen molar-refractivity contribution in [2.75, 3.05) is 6.54 Å². The summed E-state index contributed by atoms with van der Waals surface area (Å²) in [5.74, 6) is 1.83. The van der Waals surface area contributed by atoms with Gasteiger partial charge in [-0.2, -0.15) is 0 Å². The van der Waals surface area contributed by atoms with Crippen LogP contribution in [0.3, 0.4) is 0 Å². The second kappa shape index (κ2) is 6.14. The van der Waals surface area contributed by atoms with Gasteiger partial charge in [-0.3, -0.25) is 4.79 Å². The van der Waals surface area contributed by atoms with Gasteiger partial charge >= 0.3 is 0 Å². The van der Waals surface area contributed by atoms with Crippen LogP contribution in [0.2, 0.25) is 0 Å².